The number of nitrogens with zero attached hydrogens (tertiary/aromatic N) is 3. The van der Waals surface area contributed by atoms with Crippen molar-refractivity contribution in [1.29, 1.82) is 0 Å². The van der Waals surface area contributed by atoms with Crippen LogP contribution in [-0.2, 0) is 6.42 Å². The molecule has 0 N–H and O–H groups in total. The van der Waals surface area contributed by atoms with Crippen molar-refractivity contribution in [2.45, 2.75) is 13.3 Å². The predicted octanol–water partition coefficient (Wildman–Crippen LogP) is 2.46. The highest BCUT2D eigenvalue weighted by Crippen LogP contribution is 2.12. The molecule has 0 saturated carbocycles. The summed E-state index contributed by atoms with van der Waals surface area (Å²) in [6.07, 6.45) is 1.83. The van der Waals surface area contributed by atoms with E-state index in [1.54, 1.807) is 4.52 Å². The first kappa shape index (κ1) is 11.6. The molecule has 0 aliphatic carbocycles. The van der Waals surface area contributed by atoms with Gasteiger partial charge in [-0.05, 0) is 24.6 Å². The number of rotatable bonds is 3. The fourth-order valence-electron chi connectivity index (χ4n) is 2.16. The van der Waals surface area contributed by atoms with E-state index in [9.17, 15) is 4.79 Å². The first-order valence-corrected chi connectivity index (χ1v) is 6.11. The van der Waals surface area contributed by atoms with Gasteiger partial charge in [0, 0.05) is 5.56 Å². The van der Waals surface area contributed by atoms with Crippen LogP contribution in [-0.4, -0.2) is 20.4 Å². The molecular formula is C15H13N3O. The van der Waals surface area contributed by atoms with Crippen molar-refractivity contribution in [2.75, 3.05) is 0 Å². The summed E-state index contributed by atoms with van der Waals surface area (Å²) < 4.78 is 1.72. The quantitative estimate of drug-likeness (QED) is 0.672. The Morgan fingerprint density at radius 2 is 2.00 bits per heavy atom. The molecule has 19 heavy (non-hydrogen) atoms. The minimum absolute atomic E-state index is 0.0861. The number of aryl methyl sites for hydroxylation is 1. The van der Waals surface area contributed by atoms with Crippen LogP contribution in [0.3, 0.4) is 0 Å². The second kappa shape index (κ2) is 4.65. The van der Waals surface area contributed by atoms with Gasteiger partial charge in [0.15, 0.2) is 11.4 Å². The van der Waals surface area contributed by atoms with Gasteiger partial charge < -0.3 is 0 Å². The van der Waals surface area contributed by atoms with Crippen LogP contribution in [0.2, 0.25) is 0 Å². The van der Waals surface area contributed by atoms with Crippen molar-refractivity contribution >= 4 is 11.4 Å². The van der Waals surface area contributed by atoms with Crippen LogP contribution >= 0.6 is 0 Å². The van der Waals surface area contributed by atoms with Gasteiger partial charge in [0.25, 0.3) is 0 Å². The molecule has 0 saturated heterocycles. The number of hydrogen-bond donors (Lipinski definition) is 0. The number of carbonyl (C=O) groups excluding carboxylic acids is 1. The van der Waals surface area contributed by atoms with Gasteiger partial charge in [0.05, 0.1) is 12.1 Å². The van der Waals surface area contributed by atoms with Crippen molar-refractivity contribution in [3.63, 3.8) is 0 Å². The largest absolute Gasteiger partial charge is 0.294 e. The Bertz CT molecular complexity index is 731. The van der Waals surface area contributed by atoms with Crippen LogP contribution in [0.1, 0.15) is 21.6 Å². The molecule has 1 aromatic carbocycles. The number of ketones is 1. The first-order valence-electron chi connectivity index (χ1n) is 6.11. The summed E-state index contributed by atoms with van der Waals surface area (Å²) in [4.78, 5) is 16.4. The van der Waals surface area contributed by atoms with Crippen LogP contribution in [0, 0.1) is 6.92 Å². The van der Waals surface area contributed by atoms with E-state index in [4.69, 9.17) is 0 Å². The van der Waals surface area contributed by atoms with Gasteiger partial charge in [-0.15, -0.1) is 0 Å². The molecule has 0 amide bonds. The summed E-state index contributed by atoms with van der Waals surface area (Å²) in [5, 5.41) is 4.16. The topological polar surface area (TPSA) is 47.3 Å². The minimum atomic E-state index is 0.0861. The van der Waals surface area contributed by atoms with E-state index in [2.05, 4.69) is 10.1 Å². The molecule has 2 heterocycles. The van der Waals surface area contributed by atoms with E-state index in [0.29, 0.717) is 6.42 Å². The summed E-state index contributed by atoms with van der Waals surface area (Å²) in [6.45, 7) is 1.99. The average Bonchev–Trinajstić information content (AvgIpc) is 2.88. The van der Waals surface area contributed by atoms with Crippen LogP contribution in [0.5, 0.6) is 0 Å². The number of benzene rings is 1. The highest BCUT2D eigenvalue weighted by atomic mass is 16.1. The summed E-state index contributed by atoms with van der Waals surface area (Å²) in [7, 11) is 0. The molecule has 0 bridgehead atoms. The van der Waals surface area contributed by atoms with Crippen molar-refractivity contribution < 1.29 is 4.79 Å². The summed E-state index contributed by atoms with van der Waals surface area (Å²) in [5.41, 5.74) is 3.44. The summed E-state index contributed by atoms with van der Waals surface area (Å²) in [5.74, 6) is 0.0861. The Morgan fingerprint density at radius 1 is 1.21 bits per heavy atom. The number of aromatic nitrogens is 3. The van der Waals surface area contributed by atoms with Crippen molar-refractivity contribution in [2.24, 2.45) is 0 Å². The van der Waals surface area contributed by atoms with Crippen molar-refractivity contribution in [1.82, 2.24) is 14.6 Å². The van der Waals surface area contributed by atoms with Gasteiger partial charge in [-0.2, -0.15) is 5.10 Å². The second-order valence-electron chi connectivity index (χ2n) is 4.52. The maximum atomic E-state index is 12.2. The fraction of sp³-hybridized carbons (Fsp3) is 0.133. The molecule has 0 unspecified atom stereocenters. The first-order chi connectivity index (χ1) is 9.24. The lowest BCUT2D eigenvalue weighted by molar-refractivity contribution is 0.0991. The molecule has 4 nitrogen and oxygen atoms in total. The number of hydrogen-bond acceptors (Lipinski definition) is 3. The Balaban J connectivity index is 1.97. The van der Waals surface area contributed by atoms with E-state index in [1.807, 2.05) is 49.4 Å². The zero-order valence-corrected chi connectivity index (χ0v) is 10.6. The van der Waals surface area contributed by atoms with Gasteiger partial charge in [-0.3, -0.25) is 4.79 Å². The van der Waals surface area contributed by atoms with Crippen molar-refractivity contribution in [3.05, 3.63) is 65.6 Å². The molecule has 0 spiro atoms. The van der Waals surface area contributed by atoms with Crippen molar-refractivity contribution in [3.8, 4) is 0 Å². The zero-order valence-electron chi connectivity index (χ0n) is 10.6. The summed E-state index contributed by atoms with van der Waals surface area (Å²) in [6, 6.07) is 13.2. The standard InChI is InChI=1S/C15H13N3O/c1-11-7-13(18-15(8-11)16-10-17-18)9-14(19)12-5-3-2-4-6-12/h2-8,10H,9H2,1H3. The third-order valence-corrected chi connectivity index (χ3v) is 3.03. The fourth-order valence-corrected chi connectivity index (χ4v) is 2.16. The van der Waals surface area contributed by atoms with Crippen LogP contribution in [0.4, 0.5) is 0 Å². The highest BCUT2D eigenvalue weighted by Gasteiger charge is 2.10. The lowest BCUT2D eigenvalue weighted by Crippen LogP contribution is -2.08. The SMILES string of the molecule is Cc1cc(CC(=O)c2ccccc2)n2ncnc2c1. The van der Waals surface area contributed by atoms with E-state index in [0.717, 1.165) is 22.5 Å². The van der Waals surface area contributed by atoms with E-state index >= 15 is 0 Å². The van der Waals surface area contributed by atoms with Gasteiger partial charge in [-0.1, -0.05) is 30.3 Å². The lowest BCUT2D eigenvalue weighted by atomic mass is 10.1. The maximum Gasteiger partial charge on any atom is 0.168 e. The monoisotopic (exact) mass is 251 g/mol. The molecule has 0 fully saturated rings. The van der Waals surface area contributed by atoms with Gasteiger partial charge in [0.2, 0.25) is 0 Å². The van der Waals surface area contributed by atoms with Gasteiger partial charge in [-0.25, -0.2) is 9.50 Å². The average molecular weight is 251 g/mol. The molecule has 0 aliphatic heterocycles. The molecule has 0 radical (unpaired) electrons. The second-order valence-corrected chi connectivity index (χ2v) is 4.52. The van der Waals surface area contributed by atoms with Crippen LogP contribution < -0.4 is 0 Å². The van der Waals surface area contributed by atoms with Gasteiger partial charge >= 0.3 is 0 Å². The zero-order chi connectivity index (χ0) is 13.2. The highest BCUT2D eigenvalue weighted by molar-refractivity contribution is 5.97. The lowest BCUT2D eigenvalue weighted by Gasteiger charge is -2.05. The number of Topliss-reactive ketones (excluding diaryl/α,β-unsaturated/α-hetero) is 1. The van der Waals surface area contributed by atoms with Crippen LogP contribution in [0.15, 0.2) is 48.8 Å². The Hall–Kier alpha value is -2.49. The molecular weight excluding hydrogens is 238 g/mol. The molecule has 0 aliphatic rings. The molecule has 3 rings (SSSR count). The predicted molar refractivity (Wildman–Crippen MR) is 72.2 cm³/mol. The summed E-state index contributed by atoms with van der Waals surface area (Å²) >= 11 is 0. The smallest absolute Gasteiger partial charge is 0.168 e. The Morgan fingerprint density at radius 3 is 2.79 bits per heavy atom. The maximum absolute atomic E-state index is 12.2. The normalized spacial score (nSPS) is 10.8. The third-order valence-electron chi connectivity index (χ3n) is 3.03. The van der Waals surface area contributed by atoms with E-state index in [-0.39, 0.29) is 5.78 Å². The number of carbonyl (C=O) groups is 1. The molecule has 4 heteroatoms. The molecule has 0 atom stereocenters. The molecule has 2 aromatic heterocycles. The molecule has 94 valence electrons. The van der Waals surface area contributed by atoms with Gasteiger partial charge in [0.1, 0.15) is 6.33 Å². The Kier molecular flexibility index (Phi) is 2.83. The van der Waals surface area contributed by atoms with E-state index in [1.165, 1.54) is 6.33 Å². The third kappa shape index (κ3) is 2.25. The number of pyridine rings is 1. The Labute approximate surface area is 110 Å². The number of fused-ring (bicyclic) bond motifs is 1. The van der Waals surface area contributed by atoms with E-state index < -0.39 is 0 Å². The minimum Gasteiger partial charge on any atom is -0.294 e. The van der Waals surface area contributed by atoms with Crippen LogP contribution in [0.25, 0.3) is 5.65 Å². The molecule has 3 aromatic rings.